The first-order chi connectivity index (χ1) is 24.2. The van der Waals surface area contributed by atoms with Gasteiger partial charge >= 0.3 is 12.2 Å². The van der Waals surface area contributed by atoms with Gasteiger partial charge in [-0.15, -0.1) is 0 Å². The molecular weight excluding hydrogens is 574 g/mol. The molecule has 12 heteroatoms. The number of aryl methyl sites for hydroxylation is 1. The van der Waals surface area contributed by atoms with E-state index in [-0.39, 0.29) is 27.0 Å². The number of piperazine rings is 1. The summed E-state index contributed by atoms with van der Waals surface area (Å²) in [6.07, 6.45) is -6.09. The first-order valence-corrected chi connectivity index (χ1v) is 13.2. The molecule has 2 fully saturated rings. The average Bonchev–Trinajstić information content (AvgIpc) is 3.01. The molecule has 0 spiro atoms. The second-order valence-electron chi connectivity index (χ2n) is 10.6. The lowest BCUT2D eigenvalue weighted by Gasteiger charge is -2.47. The fraction of sp³-hybridized carbons (Fsp3) is 0.548. The molecular formula is C31H38F6N4O2. The highest BCUT2D eigenvalue weighted by Gasteiger charge is 2.40. The van der Waals surface area contributed by atoms with Gasteiger partial charge in [0, 0.05) is 74.6 Å². The zero-order valence-electron chi connectivity index (χ0n) is 34.7. The number of hydrogen-bond donors (Lipinski definition) is 0. The lowest BCUT2D eigenvalue weighted by Crippen LogP contribution is -2.56. The van der Waals surface area contributed by atoms with Crippen LogP contribution in [0.5, 0.6) is 0 Å². The summed E-state index contributed by atoms with van der Waals surface area (Å²) in [5.74, 6) is -6.03. The topological polar surface area (TPSA) is 47.1 Å². The van der Waals surface area contributed by atoms with Crippen LogP contribution in [0.1, 0.15) is 88.6 Å². The molecule has 2 aromatic carbocycles. The molecule has 2 heterocycles. The molecule has 4 rings (SSSR count). The van der Waals surface area contributed by atoms with Crippen molar-refractivity contribution in [3.63, 3.8) is 0 Å². The second-order valence-corrected chi connectivity index (χ2v) is 10.6. The molecule has 2 aromatic rings. The van der Waals surface area contributed by atoms with Crippen LogP contribution in [-0.4, -0.2) is 77.2 Å². The summed E-state index contributed by atoms with van der Waals surface area (Å²) >= 11 is 0. The van der Waals surface area contributed by atoms with Crippen LogP contribution in [0.15, 0.2) is 36.4 Å². The van der Waals surface area contributed by atoms with E-state index < -0.39 is 117 Å². The summed E-state index contributed by atoms with van der Waals surface area (Å²) in [6.45, 7) is -15.1. The first-order valence-electron chi connectivity index (χ1n) is 18.7. The lowest BCUT2D eigenvalue weighted by atomic mass is 9.88. The van der Waals surface area contributed by atoms with E-state index in [1.807, 2.05) is 0 Å². The van der Waals surface area contributed by atoms with E-state index in [1.54, 1.807) is 0 Å². The summed E-state index contributed by atoms with van der Waals surface area (Å²) in [7, 11) is 1.14. The van der Waals surface area contributed by atoms with Crippen molar-refractivity contribution in [1.82, 2.24) is 19.6 Å². The van der Waals surface area contributed by atoms with E-state index in [0.29, 0.717) is 19.1 Å². The standard InChI is InChI=1S/C31H38F6N4O2/c1-19-14-25(32)6-7-27(19)28-18-26(40-12-10-39(11-13-40)21(3)42)8-9-41(28)29(43)38(5)20(2)22-15-23(30(4,33)34)17-24(16-22)31(35,36)37/h6-7,14-17,20,26,28H,8-13,18H2,1-5H3/t20-,26+,28-/m1/s1/i1D3,10D2,11D2,12D2,13D2. The number of likely N-dealkylation sites (tertiary alicyclic amines) is 1. The minimum atomic E-state index is -5.04. The molecule has 2 aliphatic heterocycles. The van der Waals surface area contributed by atoms with E-state index >= 15 is 0 Å². The van der Waals surface area contributed by atoms with E-state index in [1.165, 1.54) is 6.92 Å². The summed E-state index contributed by atoms with van der Waals surface area (Å²) in [5.41, 5.74) is -3.60. The highest BCUT2D eigenvalue weighted by molar-refractivity contribution is 5.76. The van der Waals surface area contributed by atoms with E-state index in [9.17, 15) is 35.9 Å². The van der Waals surface area contributed by atoms with Crippen LogP contribution in [0.4, 0.5) is 31.1 Å². The number of alkyl halides is 5. The predicted molar refractivity (Wildman–Crippen MR) is 150 cm³/mol. The Labute approximate surface area is 263 Å². The quantitative estimate of drug-likeness (QED) is 0.347. The third kappa shape index (κ3) is 7.27. The Morgan fingerprint density at radius 3 is 2.28 bits per heavy atom. The summed E-state index contributed by atoms with van der Waals surface area (Å²) in [5, 5.41) is 0. The van der Waals surface area contributed by atoms with Gasteiger partial charge in [-0.25, -0.2) is 18.0 Å². The largest absolute Gasteiger partial charge is 0.416 e. The van der Waals surface area contributed by atoms with Crippen molar-refractivity contribution in [2.75, 3.05) is 39.6 Å². The van der Waals surface area contributed by atoms with Gasteiger partial charge in [0.05, 0.1) is 23.1 Å². The number of rotatable bonds is 5. The van der Waals surface area contributed by atoms with Gasteiger partial charge < -0.3 is 14.7 Å². The molecule has 2 saturated heterocycles. The number of urea groups is 1. The lowest BCUT2D eigenvalue weighted by molar-refractivity contribution is -0.138. The van der Waals surface area contributed by atoms with E-state index in [0.717, 1.165) is 42.0 Å². The number of carbonyl (C=O) groups is 2. The highest BCUT2D eigenvalue weighted by Crippen LogP contribution is 2.39. The predicted octanol–water partition coefficient (Wildman–Crippen LogP) is 6.75. The SMILES string of the molecule is [2H]C([2H])([2H])c1cc(F)ccc1[C@H]1C[C@@H](N2C([2H])([2H])C([2H])([2H])N(C(C)=O)C([2H])([2H])C2([2H])[2H])CCN1C(=O)N(C)[C@H](C)c1cc(C(C)(F)F)cc(C(F)(F)F)c1. The Balaban J connectivity index is 1.86. The van der Waals surface area contributed by atoms with E-state index in [2.05, 4.69) is 0 Å². The number of carbonyl (C=O) groups excluding carboxylic acids is 2. The number of nitrogens with zero attached hydrogens (tertiary/aromatic N) is 4. The average molecular weight is 624 g/mol. The van der Waals surface area contributed by atoms with Crippen LogP contribution in [-0.2, 0) is 16.9 Å². The van der Waals surface area contributed by atoms with Crippen LogP contribution in [0, 0.1) is 12.7 Å². The summed E-state index contributed by atoms with van der Waals surface area (Å²) in [6, 6.07) is -1.18. The molecule has 0 saturated carbocycles. The smallest absolute Gasteiger partial charge is 0.340 e. The van der Waals surface area contributed by atoms with Gasteiger partial charge in [0.2, 0.25) is 5.91 Å². The van der Waals surface area contributed by atoms with Crippen LogP contribution >= 0.6 is 0 Å². The second kappa shape index (κ2) is 12.4. The van der Waals surface area contributed by atoms with Gasteiger partial charge in [0.1, 0.15) is 5.82 Å². The van der Waals surface area contributed by atoms with Crippen molar-refractivity contribution < 1.29 is 51.0 Å². The van der Waals surface area contributed by atoms with Crippen molar-refractivity contribution >= 4 is 11.9 Å². The van der Waals surface area contributed by atoms with Gasteiger partial charge in [0.25, 0.3) is 5.92 Å². The maximum Gasteiger partial charge on any atom is 0.416 e. The molecule has 43 heavy (non-hydrogen) atoms. The van der Waals surface area contributed by atoms with Gasteiger partial charge in [-0.1, -0.05) is 6.07 Å². The third-order valence-corrected chi connectivity index (χ3v) is 7.59. The monoisotopic (exact) mass is 623 g/mol. The van der Waals surface area contributed by atoms with Crippen LogP contribution < -0.4 is 0 Å². The fourth-order valence-electron chi connectivity index (χ4n) is 5.03. The molecule has 0 aliphatic carbocycles. The fourth-order valence-corrected chi connectivity index (χ4v) is 5.03. The van der Waals surface area contributed by atoms with Gasteiger partial charge in [-0.05, 0) is 73.6 Å². The molecule has 0 aromatic heterocycles. The van der Waals surface area contributed by atoms with Gasteiger partial charge in [0.15, 0.2) is 0 Å². The normalized spacial score (nSPS) is 29.9. The molecule has 0 radical (unpaired) electrons. The van der Waals surface area contributed by atoms with E-state index in [4.69, 9.17) is 15.1 Å². The van der Waals surface area contributed by atoms with Crippen molar-refractivity contribution in [3.8, 4) is 0 Å². The zero-order chi connectivity index (χ0) is 41.5. The summed E-state index contributed by atoms with van der Waals surface area (Å²) in [4.78, 5) is 28.7. The Bertz CT molecular complexity index is 1730. The molecule has 0 bridgehead atoms. The van der Waals surface area contributed by atoms with Crippen molar-refractivity contribution in [1.29, 1.82) is 0 Å². The first kappa shape index (κ1) is 20.6. The Morgan fingerprint density at radius 1 is 1.05 bits per heavy atom. The number of amides is 3. The molecule has 6 nitrogen and oxygen atoms in total. The minimum Gasteiger partial charge on any atom is -0.340 e. The molecule has 236 valence electrons. The van der Waals surface area contributed by atoms with Crippen LogP contribution in [0.25, 0.3) is 0 Å². The molecule has 3 atom stereocenters. The maximum absolute atomic E-state index is 14.5. The molecule has 3 amide bonds. The number of benzene rings is 2. The van der Waals surface area contributed by atoms with Gasteiger partial charge in [-0.3, -0.25) is 9.69 Å². The van der Waals surface area contributed by atoms with Crippen LogP contribution in [0.2, 0.25) is 0 Å². The Morgan fingerprint density at radius 2 is 1.70 bits per heavy atom. The Hall–Kier alpha value is -3.28. The minimum absolute atomic E-state index is 0.177. The molecule has 0 unspecified atom stereocenters. The number of halogens is 6. The van der Waals surface area contributed by atoms with Crippen molar-refractivity contribution in [2.45, 2.75) is 70.7 Å². The van der Waals surface area contributed by atoms with Crippen molar-refractivity contribution in [3.05, 3.63) is 70.0 Å². The molecule has 2 aliphatic rings. The number of hydrogen-bond acceptors (Lipinski definition) is 3. The number of piperidine rings is 1. The van der Waals surface area contributed by atoms with Crippen molar-refractivity contribution in [2.24, 2.45) is 0 Å². The summed E-state index contributed by atoms with van der Waals surface area (Å²) < 4.78 is 178. The highest BCUT2D eigenvalue weighted by atomic mass is 19.4. The third-order valence-electron chi connectivity index (χ3n) is 7.59. The maximum atomic E-state index is 14.5. The zero-order valence-corrected chi connectivity index (χ0v) is 23.7. The Kier molecular flexibility index (Phi) is 5.94. The molecule has 0 N–H and O–H groups in total. The van der Waals surface area contributed by atoms with Crippen LogP contribution in [0.3, 0.4) is 0 Å². The van der Waals surface area contributed by atoms with Gasteiger partial charge in [-0.2, -0.15) is 13.2 Å².